The van der Waals surface area contributed by atoms with E-state index in [4.69, 9.17) is 0 Å². The molecule has 0 saturated carbocycles. The van der Waals surface area contributed by atoms with E-state index in [1.807, 2.05) is 11.9 Å². The zero-order valence-electron chi connectivity index (χ0n) is 14.2. The van der Waals surface area contributed by atoms with Gasteiger partial charge in [0.25, 0.3) is 0 Å². The largest absolute Gasteiger partial charge is 0.343 e. The Morgan fingerprint density at radius 2 is 1.95 bits per heavy atom. The molecule has 2 fully saturated rings. The lowest BCUT2D eigenvalue weighted by Crippen LogP contribution is -2.60. The highest BCUT2D eigenvalue weighted by Crippen LogP contribution is 2.21. The van der Waals surface area contributed by atoms with E-state index >= 15 is 0 Å². The van der Waals surface area contributed by atoms with Gasteiger partial charge in [0.2, 0.25) is 5.91 Å². The highest BCUT2D eigenvalue weighted by molar-refractivity contribution is 5.85. The summed E-state index contributed by atoms with van der Waals surface area (Å²) in [5.74, 6) is 0.257. The Morgan fingerprint density at radius 3 is 2.57 bits per heavy atom. The number of piperazine rings is 1. The first-order valence-electron chi connectivity index (χ1n) is 8.42. The van der Waals surface area contributed by atoms with Gasteiger partial charge in [0.05, 0.1) is 5.54 Å². The van der Waals surface area contributed by atoms with Gasteiger partial charge in [0.1, 0.15) is 0 Å². The number of rotatable bonds is 5. The molecule has 0 aliphatic carbocycles. The lowest BCUT2D eigenvalue weighted by Gasteiger charge is -2.42. The number of carbonyl (C=O) groups excluding carboxylic acids is 1. The highest BCUT2D eigenvalue weighted by atomic mass is 16.2. The second-order valence-corrected chi connectivity index (χ2v) is 6.91. The van der Waals surface area contributed by atoms with E-state index in [9.17, 15) is 4.79 Å². The van der Waals surface area contributed by atoms with Crippen LogP contribution in [0.5, 0.6) is 0 Å². The Labute approximate surface area is 129 Å². The molecule has 0 aromatic rings. The maximum atomic E-state index is 12.9. The standard InChI is InChI=1S/C16H32N4O/c1-5-19-10-6-7-14(19)13-18(4)15(21)16(2,3)20-11-8-17-9-12-20/h14,17H,5-13H2,1-4H3. The monoisotopic (exact) mass is 296 g/mol. The predicted molar refractivity (Wildman–Crippen MR) is 86.4 cm³/mol. The Bertz CT molecular complexity index is 352. The SMILES string of the molecule is CCN1CCCC1CN(C)C(=O)C(C)(C)N1CCNCC1. The summed E-state index contributed by atoms with van der Waals surface area (Å²) in [4.78, 5) is 19.7. The van der Waals surface area contributed by atoms with E-state index in [0.717, 1.165) is 39.3 Å². The number of hydrogen-bond acceptors (Lipinski definition) is 4. The first-order chi connectivity index (χ1) is 9.96. The van der Waals surface area contributed by atoms with E-state index < -0.39 is 5.54 Å². The van der Waals surface area contributed by atoms with E-state index in [1.54, 1.807) is 0 Å². The van der Waals surface area contributed by atoms with Gasteiger partial charge in [-0.15, -0.1) is 0 Å². The Balaban J connectivity index is 1.94. The molecule has 2 rings (SSSR count). The normalized spacial score (nSPS) is 25.2. The molecule has 0 radical (unpaired) electrons. The molecule has 2 heterocycles. The maximum Gasteiger partial charge on any atom is 0.242 e. The molecular weight excluding hydrogens is 264 g/mol. The number of amides is 1. The van der Waals surface area contributed by atoms with Crippen LogP contribution in [0.1, 0.15) is 33.6 Å². The molecular formula is C16H32N4O. The van der Waals surface area contributed by atoms with Crippen molar-refractivity contribution in [2.45, 2.75) is 45.2 Å². The minimum Gasteiger partial charge on any atom is -0.343 e. The van der Waals surface area contributed by atoms with Crippen molar-refractivity contribution >= 4 is 5.91 Å². The van der Waals surface area contributed by atoms with E-state index in [-0.39, 0.29) is 5.91 Å². The maximum absolute atomic E-state index is 12.9. The molecule has 2 aliphatic heterocycles. The molecule has 0 aromatic heterocycles. The molecule has 0 bridgehead atoms. The second-order valence-electron chi connectivity index (χ2n) is 6.91. The average molecular weight is 296 g/mol. The molecule has 122 valence electrons. The van der Waals surface area contributed by atoms with Crippen LogP contribution in [0.2, 0.25) is 0 Å². The molecule has 2 aliphatic rings. The number of nitrogens with zero attached hydrogens (tertiary/aromatic N) is 3. The number of nitrogens with one attached hydrogen (secondary N) is 1. The molecule has 1 N–H and O–H groups in total. The van der Waals surface area contributed by atoms with Crippen LogP contribution >= 0.6 is 0 Å². The third kappa shape index (κ3) is 3.76. The summed E-state index contributed by atoms with van der Waals surface area (Å²) in [5, 5.41) is 3.35. The smallest absolute Gasteiger partial charge is 0.242 e. The zero-order valence-corrected chi connectivity index (χ0v) is 14.2. The molecule has 21 heavy (non-hydrogen) atoms. The molecule has 1 unspecified atom stereocenters. The van der Waals surface area contributed by atoms with Crippen LogP contribution in [-0.4, -0.2) is 85.0 Å². The first kappa shape index (κ1) is 16.7. The molecule has 5 heteroatoms. The molecule has 1 amide bonds. The van der Waals surface area contributed by atoms with Gasteiger partial charge < -0.3 is 10.2 Å². The molecule has 5 nitrogen and oxygen atoms in total. The van der Waals surface area contributed by atoms with Gasteiger partial charge in [0.15, 0.2) is 0 Å². The van der Waals surface area contributed by atoms with Crippen molar-refractivity contribution in [3.63, 3.8) is 0 Å². The summed E-state index contributed by atoms with van der Waals surface area (Å²) < 4.78 is 0. The van der Waals surface area contributed by atoms with Crippen molar-refractivity contribution in [1.29, 1.82) is 0 Å². The summed E-state index contributed by atoms with van der Waals surface area (Å²) in [6.45, 7) is 13.4. The Kier molecular flexibility index (Phi) is 5.63. The van der Waals surface area contributed by atoms with Crippen LogP contribution in [0.3, 0.4) is 0 Å². The van der Waals surface area contributed by atoms with Gasteiger partial charge in [-0.25, -0.2) is 0 Å². The van der Waals surface area contributed by atoms with Crippen molar-refractivity contribution in [2.75, 3.05) is 52.9 Å². The molecule has 0 aromatic carbocycles. The third-order valence-electron chi connectivity index (χ3n) is 5.17. The van der Waals surface area contributed by atoms with Crippen LogP contribution in [0.25, 0.3) is 0 Å². The Morgan fingerprint density at radius 1 is 1.29 bits per heavy atom. The zero-order chi connectivity index (χ0) is 15.5. The number of likely N-dealkylation sites (N-methyl/N-ethyl adjacent to an activating group) is 2. The molecule has 2 saturated heterocycles. The van der Waals surface area contributed by atoms with Crippen molar-refractivity contribution in [2.24, 2.45) is 0 Å². The summed E-state index contributed by atoms with van der Waals surface area (Å²) in [6, 6.07) is 0.544. The number of carbonyl (C=O) groups is 1. The van der Waals surface area contributed by atoms with Gasteiger partial charge >= 0.3 is 0 Å². The summed E-state index contributed by atoms with van der Waals surface area (Å²) >= 11 is 0. The first-order valence-corrected chi connectivity index (χ1v) is 8.42. The van der Waals surface area contributed by atoms with E-state index in [2.05, 4.69) is 35.9 Å². The molecule has 0 spiro atoms. The van der Waals surface area contributed by atoms with Gasteiger partial charge in [-0.2, -0.15) is 0 Å². The summed E-state index contributed by atoms with van der Waals surface area (Å²) in [6.07, 6.45) is 2.49. The van der Waals surface area contributed by atoms with Gasteiger partial charge in [0, 0.05) is 45.8 Å². The van der Waals surface area contributed by atoms with Crippen molar-refractivity contribution < 1.29 is 4.79 Å². The van der Waals surface area contributed by atoms with E-state index in [0.29, 0.717) is 6.04 Å². The fraction of sp³-hybridized carbons (Fsp3) is 0.938. The fourth-order valence-electron chi connectivity index (χ4n) is 3.74. The van der Waals surface area contributed by atoms with Crippen LogP contribution in [0.15, 0.2) is 0 Å². The summed E-state index contributed by atoms with van der Waals surface area (Å²) in [7, 11) is 1.97. The third-order valence-corrected chi connectivity index (χ3v) is 5.17. The van der Waals surface area contributed by atoms with Crippen LogP contribution < -0.4 is 5.32 Å². The molecule has 1 atom stereocenters. The average Bonchev–Trinajstić information content (AvgIpc) is 2.94. The topological polar surface area (TPSA) is 38.8 Å². The van der Waals surface area contributed by atoms with Gasteiger partial charge in [-0.1, -0.05) is 6.92 Å². The minimum absolute atomic E-state index is 0.257. The van der Waals surface area contributed by atoms with Gasteiger partial charge in [-0.3, -0.25) is 14.6 Å². The van der Waals surface area contributed by atoms with Crippen molar-refractivity contribution in [3.05, 3.63) is 0 Å². The second kappa shape index (κ2) is 7.07. The Hall–Kier alpha value is -0.650. The van der Waals surface area contributed by atoms with Crippen molar-refractivity contribution in [1.82, 2.24) is 20.0 Å². The lowest BCUT2D eigenvalue weighted by molar-refractivity contribution is -0.142. The van der Waals surface area contributed by atoms with E-state index in [1.165, 1.54) is 19.4 Å². The fourth-order valence-corrected chi connectivity index (χ4v) is 3.74. The van der Waals surface area contributed by atoms with Crippen molar-refractivity contribution in [3.8, 4) is 0 Å². The number of likely N-dealkylation sites (tertiary alicyclic amines) is 1. The quantitative estimate of drug-likeness (QED) is 0.807. The summed E-state index contributed by atoms with van der Waals surface area (Å²) in [5.41, 5.74) is -0.396. The number of hydrogen-bond donors (Lipinski definition) is 1. The van der Waals surface area contributed by atoms with Crippen LogP contribution in [0, 0.1) is 0 Å². The van der Waals surface area contributed by atoms with Crippen LogP contribution in [-0.2, 0) is 4.79 Å². The lowest BCUT2D eigenvalue weighted by atomic mass is 9.99. The minimum atomic E-state index is -0.396. The highest BCUT2D eigenvalue weighted by Gasteiger charge is 2.38. The van der Waals surface area contributed by atoms with Crippen LogP contribution in [0.4, 0.5) is 0 Å². The predicted octanol–water partition coefficient (Wildman–Crippen LogP) is 0.613. The van der Waals surface area contributed by atoms with Gasteiger partial charge in [-0.05, 0) is 39.8 Å².